The van der Waals surface area contributed by atoms with Crippen molar-refractivity contribution in [1.29, 1.82) is 0 Å². The monoisotopic (exact) mass is 372 g/mol. The number of likely N-dealkylation sites (N-methyl/N-ethyl adjacent to an activating group) is 1. The Morgan fingerprint density at radius 2 is 1.74 bits per heavy atom. The van der Waals surface area contributed by atoms with Crippen LogP contribution >= 0.6 is 0 Å². The van der Waals surface area contributed by atoms with E-state index in [-0.39, 0.29) is 0 Å². The molecule has 0 bridgehead atoms. The summed E-state index contributed by atoms with van der Waals surface area (Å²) in [5.74, 6) is 2.06. The van der Waals surface area contributed by atoms with Crippen LogP contribution in [0.5, 0.6) is 0 Å². The molecule has 0 spiro atoms. The highest BCUT2D eigenvalue weighted by Crippen LogP contribution is 2.24. The second kappa shape index (κ2) is 8.74. The van der Waals surface area contributed by atoms with Crippen LogP contribution in [0.25, 0.3) is 0 Å². The summed E-state index contributed by atoms with van der Waals surface area (Å²) in [6.45, 7) is 12.4. The smallest absolute Gasteiger partial charge is 0.227 e. The molecule has 150 valence electrons. The molecule has 4 heterocycles. The Kier molecular flexibility index (Phi) is 6.13. The lowest BCUT2D eigenvalue weighted by Gasteiger charge is -2.35. The molecule has 1 N–H and O–H groups in total. The van der Waals surface area contributed by atoms with Crippen LogP contribution in [0.3, 0.4) is 0 Å². The van der Waals surface area contributed by atoms with Crippen molar-refractivity contribution in [2.45, 2.75) is 64.5 Å². The summed E-state index contributed by atoms with van der Waals surface area (Å²) in [6.07, 6.45) is 7.67. The minimum absolute atomic E-state index is 0.654. The van der Waals surface area contributed by atoms with E-state index in [2.05, 4.69) is 44.9 Å². The van der Waals surface area contributed by atoms with E-state index < -0.39 is 0 Å². The number of hydrogen-bond donors (Lipinski definition) is 1. The van der Waals surface area contributed by atoms with Crippen molar-refractivity contribution in [2.75, 3.05) is 55.6 Å². The third kappa shape index (κ3) is 4.54. The quantitative estimate of drug-likeness (QED) is 0.828. The first-order valence-electron chi connectivity index (χ1n) is 11.1. The third-order valence-corrected chi connectivity index (χ3v) is 6.58. The molecule has 0 aliphatic carbocycles. The van der Waals surface area contributed by atoms with Crippen molar-refractivity contribution in [3.05, 3.63) is 11.8 Å². The highest BCUT2D eigenvalue weighted by molar-refractivity contribution is 5.46. The largest absolute Gasteiger partial charge is 0.356 e. The SMILES string of the molecule is CCN1CCCC1CNC1CCN(c2cc(C)nc(N3CCCC3)n2)CC1. The van der Waals surface area contributed by atoms with Gasteiger partial charge in [-0.3, -0.25) is 4.90 Å². The van der Waals surface area contributed by atoms with Gasteiger partial charge in [-0.1, -0.05) is 6.92 Å². The summed E-state index contributed by atoms with van der Waals surface area (Å²) < 4.78 is 0. The van der Waals surface area contributed by atoms with E-state index in [1.54, 1.807) is 0 Å². The van der Waals surface area contributed by atoms with Crippen molar-refractivity contribution in [3.63, 3.8) is 0 Å². The number of likely N-dealkylation sites (tertiary alicyclic amines) is 1. The molecule has 27 heavy (non-hydrogen) atoms. The van der Waals surface area contributed by atoms with Gasteiger partial charge in [0.2, 0.25) is 5.95 Å². The fourth-order valence-electron chi connectivity index (χ4n) is 4.92. The van der Waals surface area contributed by atoms with E-state index in [0.29, 0.717) is 6.04 Å². The van der Waals surface area contributed by atoms with E-state index in [9.17, 15) is 0 Å². The number of hydrogen-bond acceptors (Lipinski definition) is 6. The Balaban J connectivity index is 1.30. The standard InChI is InChI=1S/C21H36N6/c1-3-25-12-6-7-19(25)16-22-18-8-13-26(14-9-18)20-15-17(2)23-21(24-20)27-10-4-5-11-27/h15,18-19,22H,3-14,16H2,1-2H3. The topological polar surface area (TPSA) is 47.5 Å². The summed E-state index contributed by atoms with van der Waals surface area (Å²) in [5, 5.41) is 3.86. The van der Waals surface area contributed by atoms with Crippen molar-refractivity contribution < 1.29 is 0 Å². The van der Waals surface area contributed by atoms with Crippen molar-refractivity contribution >= 4 is 11.8 Å². The van der Waals surface area contributed by atoms with Crippen LogP contribution in [0.15, 0.2) is 6.07 Å². The molecule has 0 aromatic carbocycles. The maximum absolute atomic E-state index is 4.91. The average molecular weight is 373 g/mol. The lowest BCUT2D eigenvalue weighted by Crippen LogP contribution is -2.47. The number of rotatable bonds is 6. The Labute approximate surface area is 164 Å². The van der Waals surface area contributed by atoms with Gasteiger partial charge in [-0.25, -0.2) is 4.98 Å². The van der Waals surface area contributed by atoms with Crippen LogP contribution in [-0.4, -0.2) is 72.8 Å². The minimum Gasteiger partial charge on any atom is -0.356 e. The van der Waals surface area contributed by atoms with E-state index in [1.165, 1.54) is 51.6 Å². The molecule has 0 radical (unpaired) electrons. The van der Waals surface area contributed by atoms with Gasteiger partial charge < -0.3 is 15.1 Å². The molecule has 1 aromatic heterocycles. The number of piperidine rings is 1. The molecule has 1 aromatic rings. The highest BCUT2D eigenvalue weighted by Gasteiger charge is 2.26. The summed E-state index contributed by atoms with van der Waals surface area (Å²) >= 11 is 0. The number of anilines is 2. The zero-order valence-electron chi connectivity index (χ0n) is 17.2. The summed E-state index contributed by atoms with van der Waals surface area (Å²) in [7, 11) is 0. The molecule has 0 amide bonds. The predicted molar refractivity (Wildman–Crippen MR) is 112 cm³/mol. The minimum atomic E-state index is 0.654. The molecule has 3 aliphatic heterocycles. The van der Waals surface area contributed by atoms with Gasteiger partial charge in [-0.15, -0.1) is 0 Å². The molecule has 6 heteroatoms. The average Bonchev–Trinajstić information content (AvgIpc) is 3.38. The molecular weight excluding hydrogens is 336 g/mol. The van der Waals surface area contributed by atoms with Crippen molar-refractivity contribution in [3.8, 4) is 0 Å². The molecule has 3 fully saturated rings. The van der Waals surface area contributed by atoms with E-state index >= 15 is 0 Å². The molecule has 1 atom stereocenters. The van der Waals surface area contributed by atoms with Gasteiger partial charge >= 0.3 is 0 Å². The van der Waals surface area contributed by atoms with E-state index in [1.807, 2.05) is 0 Å². The molecule has 3 saturated heterocycles. The fourth-order valence-corrected chi connectivity index (χ4v) is 4.92. The molecule has 6 nitrogen and oxygen atoms in total. The van der Waals surface area contributed by atoms with E-state index in [4.69, 9.17) is 4.98 Å². The van der Waals surface area contributed by atoms with Crippen LogP contribution in [0.1, 0.15) is 51.1 Å². The first-order valence-corrected chi connectivity index (χ1v) is 11.1. The summed E-state index contributed by atoms with van der Waals surface area (Å²) in [4.78, 5) is 17.0. The number of aryl methyl sites for hydroxylation is 1. The van der Waals surface area contributed by atoms with Crippen molar-refractivity contribution in [1.82, 2.24) is 20.2 Å². The Bertz CT molecular complexity index is 607. The second-order valence-electron chi connectivity index (χ2n) is 8.46. The van der Waals surface area contributed by atoms with Gasteiger partial charge in [-0.2, -0.15) is 4.98 Å². The second-order valence-corrected chi connectivity index (χ2v) is 8.46. The number of aromatic nitrogens is 2. The summed E-state index contributed by atoms with van der Waals surface area (Å²) in [5.41, 5.74) is 1.09. The van der Waals surface area contributed by atoms with Crippen LogP contribution in [0, 0.1) is 6.92 Å². The maximum Gasteiger partial charge on any atom is 0.227 e. The van der Waals surface area contributed by atoms with Gasteiger partial charge in [0.15, 0.2) is 0 Å². The van der Waals surface area contributed by atoms with Crippen LogP contribution < -0.4 is 15.1 Å². The number of nitrogens with zero attached hydrogens (tertiary/aromatic N) is 5. The normalized spacial score (nSPS) is 24.9. The molecule has 3 aliphatic rings. The van der Waals surface area contributed by atoms with Crippen LogP contribution in [0.4, 0.5) is 11.8 Å². The molecule has 0 saturated carbocycles. The molecular formula is C21H36N6. The highest BCUT2D eigenvalue weighted by atomic mass is 15.3. The lowest BCUT2D eigenvalue weighted by atomic mass is 10.0. The van der Waals surface area contributed by atoms with Crippen LogP contribution in [0.2, 0.25) is 0 Å². The van der Waals surface area contributed by atoms with Crippen molar-refractivity contribution in [2.24, 2.45) is 0 Å². The zero-order valence-corrected chi connectivity index (χ0v) is 17.2. The fraction of sp³-hybridized carbons (Fsp3) is 0.810. The van der Waals surface area contributed by atoms with Gasteiger partial charge in [0.25, 0.3) is 0 Å². The van der Waals surface area contributed by atoms with Gasteiger partial charge in [-0.05, 0) is 58.5 Å². The Hall–Kier alpha value is -1.40. The lowest BCUT2D eigenvalue weighted by molar-refractivity contribution is 0.248. The van der Waals surface area contributed by atoms with E-state index in [0.717, 1.165) is 56.2 Å². The summed E-state index contributed by atoms with van der Waals surface area (Å²) in [6, 6.07) is 3.56. The first-order chi connectivity index (χ1) is 13.2. The first kappa shape index (κ1) is 18.9. The number of nitrogens with one attached hydrogen (secondary N) is 1. The van der Waals surface area contributed by atoms with Crippen LogP contribution in [-0.2, 0) is 0 Å². The van der Waals surface area contributed by atoms with Gasteiger partial charge in [0, 0.05) is 56.6 Å². The zero-order chi connectivity index (χ0) is 18.6. The predicted octanol–water partition coefficient (Wildman–Crippen LogP) is 2.43. The van der Waals surface area contributed by atoms with Gasteiger partial charge in [0.1, 0.15) is 5.82 Å². The molecule has 4 rings (SSSR count). The Morgan fingerprint density at radius 3 is 2.48 bits per heavy atom. The maximum atomic E-state index is 4.91. The molecule has 1 unspecified atom stereocenters. The Morgan fingerprint density at radius 1 is 0.963 bits per heavy atom. The van der Waals surface area contributed by atoms with Gasteiger partial charge in [0.05, 0.1) is 0 Å². The third-order valence-electron chi connectivity index (χ3n) is 6.58.